The first-order valence-corrected chi connectivity index (χ1v) is 5.62. The molecule has 2 aromatic rings. The van der Waals surface area contributed by atoms with Crippen molar-refractivity contribution in [3.8, 4) is 0 Å². The van der Waals surface area contributed by atoms with Crippen LogP contribution in [0.5, 0.6) is 0 Å². The smallest absolute Gasteiger partial charge is 0.345 e. The predicted octanol–water partition coefficient (Wildman–Crippen LogP) is 1.35. The molecule has 0 bridgehead atoms. The predicted molar refractivity (Wildman–Crippen MR) is 74.6 cm³/mol. The van der Waals surface area contributed by atoms with Crippen molar-refractivity contribution in [1.82, 2.24) is 5.43 Å². The zero-order valence-electron chi connectivity index (χ0n) is 9.64. The van der Waals surface area contributed by atoms with Crippen molar-refractivity contribution in [2.75, 3.05) is 0 Å². The van der Waals surface area contributed by atoms with Gasteiger partial charge in [0.15, 0.2) is 5.11 Å². The van der Waals surface area contributed by atoms with E-state index in [9.17, 15) is 4.79 Å². The van der Waals surface area contributed by atoms with Gasteiger partial charge in [0.2, 0.25) is 0 Å². The number of hydrogen-bond donors (Lipinski definition) is 2. The fourth-order valence-corrected chi connectivity index (χ4v) is 1.56. The highest BCUT2D eigenvalue weighted by Gasteiger charge is 2.07. The van der Waals surface area contributed by atoms with Crippen LogP contribution in [0.2, 0.25) is 0 Å². The lowest BCUT2D eigenvalue weighted by atomic mass is 10.1. The Morgan fingerprint density at radius 1 is 1.44 bits per heavy atom. The molecule has 1 aromatic carbocycles. The molecule has 0 saturated heterocycles. The molecule has 0 radical (unpaired) electrons. The van der Waals surface area contributed by atoms with Gasteiger partial charge in [0.05, 0.1) is 11.3 Å². The number of hydrazone groups is 1. The van der Waals surface area contributed by atoms with Gasteiger partial charge in [-0.1, -0.05) is 18.2 Å². The van der Waals surface area contributed by atoms with Gasteiger partial charge >= 0.3 is 5.63 Å². The third kappa shape index (κ3) is 2.54. The summed E-state index contributed by atoms with van der Waals surface area (Å²) in [7, 11) is 0. The lowest BCUT2D eigenvalue weighted by Gasteiger charge is -2.02. The van der Waals surface area contributed by atoms with Crippen LogP contribution in [0.1, 0.15) is 12.5 Å². The van der Waals surface area contributed by atoms with Crippen LogP contribution in [0.3, 0.4) is 0 Å². The molecule has 0 aliphatic heterocycles. The first-order chi connectivity index (χ1) is 8.58. The summed E-state index contributed by atoms with van der Waals surface area (Å²) in [6.07, 6.45) is 0. The normalized spacial score (nSPS) is 11.5. The first kappa shape index (κ1) is 12.3. The average Bonchev–Trinajstić information content (AvgIpc) is 2.35. The van der Waals surface area contributed by atoms with Crippen LogP contribution in [0.15, 0.2) is 44.6 Å². The zero-order valence-corrected chi connectivity index (χ0v) is 10.5. The summed E-state index contributed by atoms with van der Waals surface area (Å²) in [6.45, 7) is 1.67. The van der Waals surface area contributed by atoms with Gasteiger partial charge < -0.3 is 10.2 Å². The van der Waals surface area contributed by atoms with Crippen molar-refractivity contribution < 1.29 is 4.42 Å². The van der Waals surface area contributed by atoms with Crippen molar-refractivity contribution in [3.63, 3.8) is 0 Å². The summed E-state index contributed by atoms with van der Waals surface area (Å²) >= 11 is 4.63. The average molecular weight is 261 g/mol. The molecule has 0 atom stereocenters. The van der Waals surface area contributed by atoms with Gasteiger partial charge in [-0.15, -0.1) is 0 Å². The number of rotatable bonds is 2. The topological polar surface area (TPSA) is 80.6 Å². The molecule has 2 rings (SSSR count). The molecular formula is C12H11N3O2S. The molecule has 0 unspecified atom stereocenters. The van der Waals surface area contributed by atoms with Crippen LogP contribution in [0.4, 0.5) is 0 Å². The highest BCUT2D eigenvalue weighted by atomic mass is 32.1. The molecule has 3 N–H and O–H groups in total. The Balaban J connectivity index is 2.51. The van der Waals surface area contributed by atoms with Gasteiger partial charge in [0.25, 0.3) is 0 Å². The first-order valence-electron chi connectivity index (χ1n) is 5.21. The fraction of sp³-hybridized carbons (Fsp3) is 0.0833. The summed E-state index contributed by atoms with van der Waals surface area (Å²) in [5.41, 5.74) is 8.63. The van der Waals surface area contributed by atoms with E-state index in [1.54, 1.807) is 25.1 Å². The Bertz CT molecular complexity index is 691. The molecule has 0 amide bonds. The third-order valence-corrected chi connectivity index (χ3v) is 2.46. The number of benzene rings is 1. The quantitative estimate of drug-likeness (QED) is 0.369. The number of para-hydroxylation sites is 1. The largest absolute Gasteiger partial charge is 0.422 e. The number of nitrogens with zero attached hydrogens (tertiary/aromatic N) is 1. The molecule has 5 nitrogen and oxygen atoms in total. The van der Waals surface area contributed by atoms with E-state index in [1.807, 2.05) is 12.1 Å². The minimum atomic E-state index is -0.445. The summed E-state index contributed by atoms with van der Waals surface area (Å²) in [5.74, 6) is 0. The van der Waals surface area contributed by atoms with Crippen molar-refractivity contribution in [3.05, 3.63) is 46.3 Å². The van der Waals surface area contributed by atoms with Gasteiger partial charge in [-0.3, -0.25) is 5.43 Å². The maximum absolute atomic E-state index is 11.8. The molecule has 0 saturated carbocycles. The van der Waals surface area contributed by atoms with Crippen molar-refractivity contribution >= 4 is 34.0 Å². The van der Waals surface area contributed by atoms with Gasteiger partial charge in [0, 0.05) is 5.39 Å². The summed E-state index contributed by atoms with van der Waals surface area (Å²) < 4.78 is 5.19. The fourth-order valence-electron chi connectivity index (χ4n) is 1.51. The van der Waals surface area contributed by atoms with E-state index in [0.717, 1.165) is 5.39 Å². The number of nitrogens with two attached hydrogens (primary N) is 1. The van der Waals surface area contributed by atoms with Gasteiger partial charge in [-0.05, 0) is 31.3 Å². The maximum atomic E-state index is 11.8. The molecule has 0 spiro atoms. The number of fused-ring (bicyclic) bond motifs is 1. The van der Waals surface area contributed by atoms with Crippen LogP contribution in [0.25, 0.3) is 11.0 Å². The molecule has 6 heteroatoms. The molecule has 92 valence electrons. The molecule has 0 fully saturated rings. The second-order valence-corrected chi connectivity index (χ2v) is 4.10. The Morgan fingerprint density at radius 3 is 2.89 bits per heavy atom. The third-order valence-electron chi connectivity index (χ3n) is 2.37. The zero-order chi connectivity index (χ0) is 13.1. The van der Waals surface area contributed by atoms with Crippen molar-refractivity contribution in [1.29, 1.82) is 0 Å². The minimum absolute atomic E-state index is 0.0412. The Morgan fingerprint density at radius 2 is 2.17 bits per heavy atom. The van der Waals surface area contributed by atoms with Gasteiger partial charge in [-0.25, -0.2) is 4.79 Å². The van der Waals surface area contributed by atoms with E-state index in [2.05, 4.69) is 22.7 Å². The molecule has 18 heavy (non-hydrogen) atoms. The maximum Gasteiger partial charge on any atom is 0.345 e. The Labute approximate surface area is 108 Å². The van der Waals surface area contributed by atoms with Crippen LogP contribution in [-0.2, 0) is 0 Å². The highest BCUT2D eigenvalue weighted by Crippen LogP contribution is 2.12. The van der Waals surface area contributed by atoms with Crippen molar-refractivity contribution in [2.45, 2.75) is 6.92 Å². The summed E-state index contributed by atoms with van der Waals surface area (Å²) in [6, 6.07) is 8.99. The van der Waals surface area contributed by atoms with Crippen LogP contribution >= 0.6 is 12.2 Å². The standard InChI is InChI=1S/C12H11N3O2S/c1-7(14-15-12(13)18)9-6-8-4-2-3-5-10(8)17-11(9)16/h2-6H,1H3,(H3,13,15,18)/b14-7+. The van der Waals surface area contributed by atoms with E-state index >= 15 is 0 Å². The van der Waals surface area contributed by atoms with E-state index in [-0.39, 0.29) is 5.11 Å². The van der Waals surface area contributed by atoms with Crippen LogP contribution in [-0.4, -0.2) is 10.8 Å². The number of hydrogen-bond acceptors (Lipinski definition) is 4. The molecule has 0 aliphatic rings. The van der Waals surface area contributed by atoms with Crippen molar-refractivity contribution in [2.24, 2.45) is 10.8 Å². The molecular weight excluding hydrogens is 250 g/mol. The number of thiocarbonyl (C=S) groups is 1. The van der Waals surface area contributed by atoms with E-state index in [1.165, 1.54) is 0 Å². The molecule has 1 heterocycles. The lowest BCUT2D eigenvalue weighted by molar-refractivity contribution is 0.559. The van der Waals surface area contributed by atoms with Crippen LogP contribution < -0.4 is 16.8 Å². The van der Waals surface area contributed by atoms with E-state index in [0.29, 0.717) is 16.9 Å². The second-order valence-electron chi connectivity index (χ2n) is 3.66. The Hall–Kier alpha value is -2.21. The van der Waals surface area contributed by atoms with Gasteiger partial charge in [-0.2, -0.15) is 5.10 Å². The summed E-state index contributed by atoms with van der Waals surface area (Å²) in [4.78, 5) is 11.8. The second kappa shape index (κ2) is 4.97. The van der Waals surface area contributed by atoms with Crippen LogP contribution in [0, 0.1) is 0 Å². The monoisotopic (exact) mass is 261 g/mol. The van der Waals surface area contributed by atoms with E-state index in [4.69, 9.17) is 10.2 Å². The highest BCUT2D eigenvalue weighted by molar-refractivity contribution is 7.80. The van der Waals surface area contributed by atoms with Gasteiger partial charge in [0.1, 0.15) is 5.58 Å². The van der Waals surface area contributed by atoms with E-state index < -0.39 is 5.63 Å². The lowest BCUT2D eigenvalue weighted by Crippen LogP contribution is -2.26. The Kier molecular flexibility index (Phi) is 3.38. The summed E-state index contributed by atoms with van der Waals surface area (Å²) in [5, 5.41) is 4.77. The SMILES string of the molecule is C/C(=N\NC(N)=S)c1cc2ccccc2oc1=O. The molecule has 1 aromatic heterocycles. The minimum Gasteiger partial charge on any atom is -0.422 e. The molecule has 0 aliphatic carbocycles. The number of nitrogens with one attached hydrogen (secondary N) is 1.